The summed E-state index contributed by atoms with van der Waals surface area (Å²) in [5.41, 5.74) is 0.904. The fourth-order valence-electron chi connectivity index (χ4n) is 1.96. The molecule has 2 aromatic rings. The number of aliphatic imine (C=N–C) groups is 1. The van der Waals surface area contributed by atoms with Crippen LogP contribution in [0.4, 0.5) is 5.69 Å². The van der Waals surface area contributed by atoms with Gasteiger partial charge in [-0.25, -0.2) is 0 Å². The van der Waals surface area contributed by atoms with Crippen molar-refractivity contribution in [3.8, 4) is 5.75 Å². The van der Waals surface area contributed by atoms with Crippen LogP contribution in [0, 0.1) is 0 Å². The maximum absolute atomic E-state index is 5.69. The zero-order valence-electron chi connectivity index (χ0n) is 14.0. The van der Waals surface area contributed by atoms with E-state index >= 15 is 0 Å². The zero-order valence-corrected chi connectivity index (χ0v) is 16.3. The second kappa shape index (κ2) is 11.7. The lowest BCUT2D eigenvalue weighted by molar-refractivity contribution is 0.172. The molecule has 0 amide bonds. The third-order valence-electron chi connectivity index (χ3n) is 3.09. The van der Waals surface area contributed by atoms with E-state index in [1.165, 1.54) is 0 Å². The molecule has 1 aromatic carbocycles. The Morgan fingerprint density at radius 3 is 2.79 bits per heavy atom. The molecule has 6 nitrogen and oxygen atoms in total. The highest BCUT2D eigenvalue weighted by atomic mass is 127. The van der Waals surface area contributed by atoms with Crippen molar-refractivity contribution < 1.29 is 13.9 Å². The predicted molar refractivity (Wildman–Crippen MR) is 106 cm³/mol. The molecule has 0 unspecified atom stereocenters. The van der Waals surface area contributed by atoms with Gasteiger partial charge in [-0.1, -0.05) is 6.07 Å². The summed E-state index contributed by atoms with van der Waals surface area (Å²) in [6.07, 6.45) is 2.51. The summed E-state index contributed by atoms with van der Waals surface area (Å²) < 4.78 is 16.0. The van der Waals surface area contributed by atoms with Gasteiger partial charge in [-0.05, 0) is 24.3 Å². The normalized spacial score (nSPS) is 10.8. The summed E-state index contributed by atoms with van der Waals surface area (Å²) in [7, 11) is 3.41. The third-order valence-corrected chi connectivity index (χ3v) is 3.09. The lowest BCUT2D eigenvalue weighted by atomic mass is 10.3. The molecule has 1 aromatic heterocycles. The quantitative estimate of drug-likeness (QED) is 0.282. The Balaban J connectivity index is 0.00000288. The molecule has 2 rings (SSSR count). The lowest BCUT2D eigenvalue weighted by Gasteiger charge is -2.12. The fraction of sp³-hybridized carbons (Fsp3) is 0.353. The Bertz CT molecular complexity index is 603. The van der Waals surface area contributed by atoms with Gasteiger partial charge in [0.05, 0.1) is 19.4 Å². The molecule has 0 aliphatic heterocycles. The molecule has 0 radical (unpaired) electrons. The molecule has 0 fully saturated rings. The first-order valence-electron chi connectivity index (χ1n) is 7.53. The number of guanidine groups is 1. The van der Waals surface area contributed by atoms with Crippen molar-refractivity contribution in [1.82, 2.24) is 5.32 Å². The van der Waals surface area contributed by atoms with Gasteiger partial charge in [0.2, 0.25) is 0 Å². The molecule has 0 bridgehead atoms. The molecule has 0 saturated carbocycles. The second-order valence-electron chi connectivity index (χ2n) is 4.85. The molecule has 132 valence electrons. The zero-order chi connectivity index (χ0) is 16.3. The largest absolute Gasteiger partial charge is 0.493 e. The molecule has 0 spiro atoms. The van der Waals surface area contributed by atoms with Crippen molar-refractivity contribution >= 4 is 35.6 Å². The Hall–Kier alpha value is -1.74. The van der Waals surface area contributed by atoms with Crippen LogP contribution < -0.4 is 15.4 Å². The SMILES string of the molecule is CN=C(NCc1ccco1)Nc1cccc(OCCCOC)c1.I. The van der Waals surface area contributed by atoms with Crippen LogP contribution in [0.3, 0.4) is 0 Å². The van der Waals surface area contributed by atoms with Crippen LogP contribution in [-0.2, 0) is 11.3 Å². The highest BCUT2D eigenvalue weighted by Gasteiger charge is 2.02. The van der Waals surface area contributed by atoms with E-state index in [4.69, 9.17) is 13.9 Å². The van der Waals surface area contributed by atoms with Crippen LogP contribution in [0.25, 0.3) is 0 Å². The monoisotopic (exact) mass is 445 g/mol. The van der Waals surface area contributed by atoms with Crippen molar-refractivity contribution in [3.05, 3.63) is 48.4 Å². The molecular formula is C17H24IN3O3. The Morgan fingerprint density at radius 2 is 2.08 bits per heavy atom. The number of ether oxygens (including phenoxy) is 2. The number of anilines is 1. The van der Waals surface area contributed by atoms with Crippen LogP contribution in [0.2, 0.25) is 0 Å². The van der Waals surface area contributed by atoms with Gasteiger partial charge in [0.1, 0.15) is 11.5 Å². The van der Waals surface area contributed by atoms with E-state index in [0.717, 1.165) is 23.6 Å². The summed E-state index contributed by atoms with van der Waals surface area (Å²) in [5, 5.41) is 6.41. The van der Waals surface area contributed by atoms with Gasteiger partial charge in [0.15, 0.2) is 5.96 Å². The highest BCUT2D eigenvalue weighted by Crippen LogP contribution is 2.17. The second-order valence-corrected chi connectivity index (χ2v) is 4.85. The van der Waals surface area contributed by atoms with Crippen molar-refractivity contribution in [3.63, 3.8) is 0 Å². The molecule has 7 heteroatoms. The molecule has 0 atom stereocenters. The van der Waals surface area contributed by atoms with E-state index in [2.05, 4.69) is 15.6 Å². The Kier molecular flexibility index (Phi) is 9.94. The lowest BCUT2D eigenvalue weighted by Crippen LogP contribution is -2.30. The first-order chi connectivity index (χ1) is 11.3. The van der Waals surface area contributed by atoms with Crippen LogP contribution in [0.5, 0.6) is 5.75 Å². The van der Waals surface area contributed by atoms with Gasteiger partial charge < -0.3 is 24.5 Å². The van der Waals surface area contributed by atoms with E-state index in [-0.39, 0.29) is 24.0 Å². The van der Waals surface area contributed by atoms with Crippen LogP contribution >= 0.6 is 24.0 Å². The predicted octanol–water partition coefficient (Wildman–Crippen LogP) is 3.50. The van der Waals surface area contributed by atoms with Crippen LogP contribution in [0.1, 0.15) is 12.2 Å². The number of halogens is 1. The summed E-state index contributed by atoms with van der Waals surface area (Å²) >= 11 is 0. The fourth-order valence-corrected chi connectivity index (χ4v) is 1.96. The van der Waals surface area contributed by atoms with Gasteiger partial charge in [-0.2, -0.15) is 0 Å². The summed E-state index contributed by atoms with van der Waals surface area (Å²) in [6.45, 7) is 1.89. The molecule has 0 aliphatic carbocycles. The average molecular weight is 445 g/mol. The van der Waals surface area contributed by atoms with E-state index in [1.807, 2.05) is 36.4 Å². The van der Waals surface area contributed by atoms with Crippen molar-refractivity contribution in [2.75, 3.05) is 32.7 Å². The average Bonchev–Trinajstić information content (AvgIpc) is 3.09. The maximum Gasteiger partial charge on any atom is 0.195 e. The summed E-state index contributed by atoms with van der Waals surface area (Å²) in [4.78, 5) is 4.19. The number of hydrogen-bond acceptors (Lipinski definition) is 4. The van der Waals surface area contributed by atoms with Crippen molar-refractivity contribution in [1.29, 1.82) is 0 Å². The molecule has 0 saturated heterocycles. The van der Waals surface area contributed by atoms with E-state index in [1.54, 1.807) is 20.4 Å². The minimum atomic E-state index is 0. The number of methoxy groups -OCH3 is 1. The minimum absolute atomic E-state index is 0. The maximum atomic E-state index is 5.69. The van der Waals surface area contributed by atoms with E-state index in [0.29, 0.717) is 25.7 Å². The Morgan fingerprint density at radius 1 is 1.21 bits per heavy atom. The summed E-state index contributed by atoms with van der Waals surface area (Å²) in [5.74, 6) is 2.33. The molecular weight excluding hydrogens is 421 g/mol. The van der Waals surface area contributed by atoms with Gasteiger partial charge in [0.25, 0.3) is 0 Å². The van der Waals surface area contributed by atoms with E-state index in [9.17, 15) is 0 Å². The first kappa shape index (κ1) is 20.3. The number of furan rings is 1. The van der Waals surface area contributed by atoms with E-state index < -0.39 is 0 Å². The summed E-state index contributed by atoms with van der Waals surface area (Å²) in [6, 6.07) is 11.5. The number of hydrogen-bond donors (Lipinski definition) is 2. The minimum Gasteiger partial charge on any atom is -0.493 e. The van der Waals surface area contributed by atoms with Gasteiger partial charge in [-0.15, -0.1) is 24.0 Å². The molecule has 1 heterocycles. The molecule has 24 heavy (non-hydrogen) atoms. The highest BCUT2D eigenvalue weighted by molar-refractivity contribution is 14.0. The third kappa shape index (κ3) is 7.22. The molecule has 2 N–H and O–H groups in total. The van der Waals surface area contributed by atoms with Crippen molar-refractivity contribution in [2.24, 2.45) is 4.99 Å². The van der Waals surface area contributed by atoms with Crippen LogP contribution in [-0.4, -0.2) is 33.3 Å². The number of nitrogens with zero attached hydrogens (tertiary/aromatic N) is 1. The number of rotatable bonds is 8. The van der Waals surface area contributed by atoms with Gasteiger partial charge >= 0.3 is 0 Å². The van der Waals surface area contributed by atoms with Gasteiger partial charge in [-0.3, -0.25) is 4.99 Å². The number of benzene rings is 1. The Labute approximate surface area is 159 Å². The number of nitrogens with one attached hydrogen (secondary N) is 2. The van der Waals surface area contributed by atoms with Crippen LogP contribution in [0.15, 0.2) is 52.1 Å². The first-order valence-corrected chi connectivity index (χ1v) is 7.53. The topological polar surface area (TPSA) is 68.0 Å². The molecule has 0 aliphatic rings. The van der Waals surface area contributed by atoms with Gasteiger partial charge in [0, 0.05) is 38.9 Å². The van der Waals surface area contributed by atoms with Crippen molar-refractivity contribution in [2.45, 2.75) is 13.0 Å². The standard InChI is InChI=1S/C17H23N3O3.HI/c1-18-17(19-13-16-8-4-10-23-16)20-14-6-3-7-15(12-14)22-11-5-9-21-2;/h3-4,6-8,10,12H,5,9,11,13H2,1-2H3,(H2,18,19,20);1H. The smallest absolute Gasteiger partial charge is 0.195 e.